The van der Waals surface area contributed by atoms with Gasteiger partial charge in [0.15, 0.2) is 0 Å². The molecule has 1 aromatic carbocycles. The third-order valence-electron chi connectivity index (χ3n) is 3.01. The maximum absolute atomic E-state index is 6.26. The van der Waals surface area contributed by atoms with E-state index < -0.39 is 0 Å². The first kappa shape index (κ1) is 16.8. The highest BCUT2D eigenvalue weighted by Crippen LogP contribution is 2.31. The van der Waals surface area contributed by atoms with E-state index in [9.17, 15) is 0 Å². The zero-order chi connectivity index (χ0) is 14.8. The van der Waals surface area contributed by atoms with Crippen LogP contribution in [0.2, 0.25) is 10.0 Å². The number of hydrogen-bond acceptors (Lipinski definition) is 1. The first-order valence-corrected chi connectivity index (χ1v) is 7.48. The number of rotatable bonds is 4. The van der Waals surface area contributed by atoms with Crippen molar-refractivity contribution in [2.75, 3.05) is 0 Å². The topological polar surface area (TPSA) is 12.0 Å². The fraction of sp³-hybridized carbons (Fsp3) is 0.625. The Morgan fingerprint density at radius 1 is 1.11 bits per heavy atom. The van der Waals surface area contributed by atoms with Crippen LogP contribution in [0.5, 0.6) is 0 Å². The van der Waals surface area contributed by atoms with Crippen molar-refractivity contribution in [1.82, 2.24) is 5.32 Å². The lowest BCUT2D eigenvalue weighted by Crippen LogP contribution is -2.43. The zero-order valence-electron chi connectivity index (χ0n) is 12.8. The molecule has 0 saturated heterocycles. The standard InChI is InChI=1S/C16H25Cl2N/c1-11(13-8-7-12(17)9-14(13)18)19-16(5,6)10-15(2,3)4/h7-9,11,19H,10H2,1-6H3. The summed E-state index contributed by atoms with van der Waals surface area (Å²) in [5.74, 6) is 0. The molecule has 0 saturated carbocycles. The van der Waals surface area contributed by atoms with Crippen molar-refractivity contribution in [2.24, 2.45) is 5.41 Å². The third-order valence-corrected chi connectivity index (χ3v) is 3.57. The molecule has 0 aromatic heterocycles. The quantitative estimate of drug-likeness (QED) is 0.734. The van der Waals surface area contributed by atoms with Gasteiger partial charge in [0.25, 0.3) is 0 Å². The lowest BCUT2D eigenvalue weighted by atomic mass is 9.81. The van der Waals surface area contributed by atoms with Crippen molar-refractivity contribution in [3.63, 3.8) is 0 Å². The Morgan fingerprint density at radius 3 is 2.16 bits per heavy atom. The number of nitrogens with one attached hydrogen (secondary N) is 1. The Hall–Kier alpha value is -0.240. The summed E-state index contributed by atoms with van der Waals surface area (Å²) in [6.45, 7) is 13.4. The lowest BCUT2D eigenvalue weighted by molar-refractivity contribution is 0.227. The summed E-state index contributed by atoms with van der Waals surface area (Å²) >= 11 is 12.2. The molecule has 1 atom stereocenters. The first-order valence-electron chi connectivity index (χ1n) is 6.73. The molecular formula is C16H25Cl2N. The van der Waals surface area contributed by atoms with Crippen LogP contribution in [-0.4, -0.2) is 5.54 Å². The highest BCUT2D eigenvalue weighted by Gasteiger charge is 2.27. The SMILES string of the molecule is CC(NC(C)(C)CC(C)(C)C)c1ccc(Cl)cc1Cl. The fourth-order valence-corrected chi connectivity index (χ4v) is 3.47. The van der Waals surface area contributed by atoms with Gasteiger partial charge in [0.2, 0.25) is 0 Å². The van der Waals surface area contributed by atoms with Crippen molar-refractivity contribution >= 4 is 23.2 Å². The van der Waals surface area contributed by atoms with Crippen molar-refractivity contribution in [1.29, 1.82) is 0 Å². The first-order chi connectivity index (χ1) is 8.50. The smallest absolute Gasteiger partial charge is 0.0468 e. The summed E-state index contributed by atoms with van der Waals surface area (Å²) in [5.41, 5.74) is 1.44. The maximum atomic E-state index is 6.26. The van der Waals surface area contributed by atoms with Crippen molar-refractivity contribution in [2.45, 2.75) is 59.5 Å². The van der Waals surface area contributed by atoms with Crippen LogP contribution in [-0.2, 0) is 0 Å². The molecule has 0 fully saturated rings. The Kier molecular flexibility index (Phi) is 5.34. The molecule has 1 N–H and O–H groups in total. The Labute approximate surface area is 127 Å². The largest absolute Gasteiger partial charge is 0.305 e. The highest BCUT2D eigenvalue weighted by molar-refractivity contribution is 6.35. The Bertz CT molecular complexity index is 433. The second-order valence-electron chi connectivity index (χ2n) is 7.15. The van der Waals surface area contributed by atoms with E-state index in [2.05, 4.69) is 46.9 Å². The molecule has 0 heterocycles. The van der Waals surface area contributed by atoms with E-state index in [-0.39, 0.29) is 11.6 Å². The van der Waals surface area contributed by atoms with Gasteiger partial charge >= 0.3 is 0 Å². The van der Waals surface area contributed by atoms with Gasteiger partial charge in [-0.05, 0) is 50.3 Å². The molecule has 1 unspecified atom stereocenters. The van der Waals surface area contributed by atoms with Crippen molar-refractivity contribution in [3.8, 4) is 0 Å². The average molecular weight is 302 g/mol. The number of benzene rings is 1. The molecule has 0 bridgehead atoms. The minimum atomic E-state index is 0.0562. The summed E-state index contributed by atoms with van der Waals surface area (Å²) < 4.78 is 0. The highest BCUT2D eigenvalue weighted by atomic mass is 35.5. The predicted octanol–water partition coefficient (Wildman–Crippen LogP) is 5.86. The molecule has 0 aliphatic rings. The molecule has 1 aromatic rings. The monoisotopic (exact) mass is 301 g/mol. The molecule has 108 valence electrons. The van der Waals surface area contributed by atoms with Crippen LogP contribution in [0.3, 0.4) is 0 Å². The molecule has 19 heavy (non-hydrogen) atoms. The van der Waals surface area contributed by atoms with Crippen LogP contribution in [0.25, 0.3) is 0 Å². The van der Waals surface area contributed by atoms with Crippen LogP contribution in [0.1, 0.15) is 59.6 Å². The van der Waals surface area contributed by atoms with Crippen molar-refractivity contribution < 1.29 is 0 Å². The third kappa shape index (κ3) is 5.72. The summed E-state index contributed by atoms with van der Waals surface area (Å²) in [6.07, 6.45) is 1.09. The van der Waals surface area contributed by atoms with Gasteiger partial charge in [-0.3, -0.25) is 0 Å². The van der Waals surface area contributed by atoms with Gasteiger partial charge in [-0.25, -0.2) is 0 Å². The summed E-state index contributed by atoms with van der Waals surface area (Å²) in [5, 5.41) is 5.06. The van der Waals surface area contributed by atoms with Crippen LogP contribution < -0.4 is 5.32 Å². The summed E-state index contributed by atoms with van der Waals surface area (Å²) in [4.78, 5) is 0. The zero-order valence-corrected chi connectivity index (χ0v) is 14.3. The molecular weight excluding hydrogens is 277 g/mol. The van der Waals surface area contributed by atoms with Crippen LogP contribution in [0, 0.1) is 5.41 Å². The lowest BCUT2D eigenvalue weighted by Gasteiger charge is -2.36. The fourth-order valence-electron chi connectivity index (χ4n) is 2.89. The van der Waals surface area contributed by atoms with Gasteiger partial charge in [-0.2, -0.15) is 0 Å². The minimum absolute atomic E-state index is 0.0562. The molecule has 0 radical (unpaired) electrons. The minimum Gasteiger partial charge on any atom is -0.305 e. The van der Waals surface area contributed by atoms with Crippen LogP contribution in [0.15, 0.2) is 18.2 Å². The van der Waals surface area contributed by atoms with E-state index in [1.54, 1.807) is 6.07 Å². The summed E-state index contributed by atoms with van der Waals surface area (Å²) in [6, 6.07) is 5.88. The molecule has 0 aliphatic carbocycles. The van der Waals surface area contributed by atoms with E-state index in [1.165, 1.54) is 0 Å². The normalized spacial score (nSPS) is 14.5. The molecule has 1 nitrogen and oxygen atoms in total. The van der Waals surface area contributed by atoms with Gasteiger partial charge in [0.05, 0.1) is 0 Å². The van der Waals surface area contributed by atoms with Gasteiger partial charge in [-0.1, -0.05) is 50.0 Å². The summed E-state index contributed by atoms with van der Waals surface area (Å²) in [7, 11) is 0. The van der Waals surface area contributed by atoms with E-state index in [1.807, 2.05) is 12.1 Å². The van der Waals surface area contributed by atoms with E-state index in [0.717, 1.165) is 17.0 Å². The van der Waals surface area contributed by atoms with E-state index >= 15 is 0 Å². The van der Waals surface area contributed by atoms with Crippen molar-refractivity contribution in [3.05, 3.63) is 33.8 Å². The second kappa shape index (κ2) is 6.03. The molecule has 1 rings (SSSR count). The molecule has 0 aliphatic heterocycles. The number of halogens is 2. The van der Waals surface area contributed by atoms with Crippen LogP contribution in [0.4, 0.5) is 0 Å². The Balaban J connectivity index is 2.81. The second-order valence-corrected chi connectivity index (χ2v) is 8.00. The average Bonchev–Trinajstić information content (AvgIpc) is 2.11. The van der Waals surface area contributed by atoms with Gasteiger partial charge < -0.3 is 5.32 Å². The maximum Gasteiger partial charge on any atom is 0.0468 e. The molecule has 3 heteroatoms. The van der Waals surface area contributed by atoms with Gasteiger partial charge in [0, 0.05) is 21.6 Å². The number of hydrogen-bond donors (Lipinski definition) is 1. The van der Waals surface area contributed by atoms with E-state index in [0.29, 0.717) is 10.4 Å². The molecule has 0 spiro atoms. The van der Waals surface area contributed by atoms with Gasteiger partial charge in [-0.15, -0.1) is 0 Å². The molecule has 0 amide bonds. The van der Waals surface area contributed by atoms with E-state index in [4.69, 9.17) is 23.2 Å². The predicted molar refractivity (Wildman–Crippen MR) is 86.2 cm³/mol. The Morgan fingerprint density at radius 2 is 1.68 bits per heavy atom. The van der Waals surface area contributed by atoms with Crippen LogP contribution >= 0.6 is 23.2 Å². The van der Waals surface area contributed by atoms with Gasteiger partial charge in [0.1, 0.15) is 0 Å².